The van der Waals surface area contributed by atoms with Crippen molar-refractivity contribution < 1.29 is 0 Å². The molecule has 1 heteroatoms. The van der Waals surface area contributed by atoms with E-state index in [1.807, 2.05) is 0 Å². The lowest BCUT2D eigenvalue weighted by Gasteiger charge is -2.21. The number of allylic oxidation sites excluding steroid dienone is 4. The normalized spacial score (nSPS) is 15.4. The molecule has 0 saturated heterocycles. The van der Waals surface area contributed by atoms with Gasteiger partial charge in [-0.2, -0.15) is 0 Å². The van der Waals surface area contributed by atoms with E-state index in [1.165, 1.54) is 36.8 Å². The molecule has 0 aromatic rings. The van der Waals surface area contributed by atoms with Crippen LogP contribution in [0.1, 0.15) is 53.4 Å². The first-order valence-electron chi connectivity index (χ1n) is 6.82. The van der Waals surface area contributed by atoms with Crippen molar-refractivity contribution in [2.45, 2.75) is 58.1 Å². The van der Waals surface area contributed by atoms with Gasteiger partial charge in [-0.3, -0.25) is 0 Å². The van der Waals surface area contributed by atoms with Gasteiger partial charge in [-0.25, -0.2) is 0 Å². The summed E-state index contributed by atoms with van der Waals surface area (Å²) in [6.45, 7) is 12.9. The Hall–Kier alpha value is -0.430. The molecule has 0 bridgehead atoms. The summed E-state index contributed by atoms with van der Waals surface area (Å²) in [6.07, 6.45) is 16.3. The van der Waals surface area contributed by atoms with Crippen molar-refractivity contribution in [3.8, 4) is 0 Å². The summed E-state index contributed by atoms with van der Waals surface area (Å²) in [6, 6.07) is 0. The molecule has 0 nitrogen and oxygen atoms in total. The second-order valence-corrected chi connectivity index (χ2v) is 8.31. The van der Waals surface area contributed by atoms with Crippen molar-refractivity contribution in [1.29, 1.82) is 0 Å². The minimum atomic E-state index is 0.302. The van der Waals surface area contributed by atoms with Crippen LogP contribution in [-0.4, -0.2) is 17.3 Å². The fraction of sp³-hybridized carbons (Fsp3) is 0.647. The van der Waals surface area contributed by atoms with E-state index in [-0.39, 0.29) is 0 Å². The molecule has 104 valence electrons. The van der Waals surface area contributed by atoms with Gasteiger partial charge >= 0.3 is 0 Å². The maximum Gasteiger partial charge on any atom is 0.142 e. The summed E-state index contributed by atoms with van der Waals surface area (Å²) < 4.78 is 0.302. The molecule has 0 fully saturated rings. The molecule has 0 spiro atoms. The van der Waals surface area contributed by atoms with E-state index in [1.54, 1.807) is 0 Å². The van der Waals surface area contributed by atoms with Gasteiger partial charge in [-0.05, 0) is 63.9 Å². The van der Waals surface area contributed by atoms with E-state index in [4.69, 9.17) is 0 Å². The van der Waals surface area contributed by atoms with Crippen molar-refractivity contribution in [2.24, 2.45) is 0 Å². The van der Waals surface area contributed by atoms with Gasteiger partial charge in [0.25, 0.3) is 0 Å². The second kappa shape index (κ2) is 8.63. The maximum atomic E-state index is 4.00. The van der Waals surface area contributed by atoms with E-state index in [9.17, 15) is 0 Å². The Morgan fingerprint density at radius 3 is 2.17 bits per heavy atom. The molecular formula is C17H31S+. The largest absolute Gasteiger partial charge is 0.142 e. The Balaban J connectivity index is 4.15. The van der Waals surface area contributed by atoms with Crippen LogP contribution in [-0.2, 0) is 10.9 Å². The average molecular weight is 268 g/mol. The third-order valence-electron chi connectivity index (χ3n) is 3.59. The first-order valence-corrected chi connectivity index (χ1v) is 8.86. The standard InChI is InChI=1S/C17H31S/c1-8-17(5,18(6)7)14-10-13-16(4)12-9-11-15(2)3/h8,11,13H,1,9-10,12,14H2,2-7H3/q+1. The van der Waals surface area contributed by atoms with Crippen LogP contribution in [0, 0.1) is 0 Å². The molecule has 0 N–H and O–H groups in total. The summed E-state index contributed by atoms with van der Waals surface area (Å²) in [4.78, 5) is 0. The quantitative estimate of drug-likeness (QED) is 0.414. The fourth-order valence-corrected chi connectivity index (χ4v) is 2.63. The third-order valence-corrected chi connectivity index (χ3v) is 5.83. The van der Waals surface area contributed by atoms with E-state index in [0.717, 1.165) is 0 Å². The van der Waals surface area contributed by atoms with Crippen LogP contribution in [0.4, 0.5) is 0 Å². The van der Waals surface area contributed by atoms with Crippen molar-refractivity contribution in [3.05, 3.63) is 36.0 Å². The molecule has 0 aliphatic carbocycles. The van der Waals surface area contributed by atoms with Gasteiger partial charge in [0.15, 0.2) is 0 Å². The van der Waals surface area contributed by atoms with Gasteiger partial charge in [-0.1, -0.05) is 29.9 Å². The first kappa shape index (κ1) is 17.6. The van der Waals surface area contributed by atoms with E-state index in [2.05, 4.69) is 65.0 Å². The fourth-order valence-electron chi connectivity index (χ4n) is 1.77. The zero-order valence-corrected chi connectivity index (χ0v) is 14.0. The minimum absolute atomic E-state index is 0.302. The third kappa shape index (κ3) is 7.10. The van der Waals surface area contributed by atoms with Crippen LogP contribution in [0.25, 0.3) is 0 Å². The van der Waals surface area contributed by atoms with Crippen molar-refractivity contribution in [3.63, 3.8) is 0 Å². The highest BCUT2D eigenvalue weighted by Gasteiger charge is 2.32. The molecule has 0 aliphatic heterocycles. The Morgan fingerprint density at radius 1 is 1.11 bits per heavy atom. The molecule has 0 rings (SSSR count). The summed E-state index contributed by atoms with van der Waals surface area (Å²) in [5.74, 6) is 0. The van der Waals surface area contributed by atoms with Crippen LogP contribution in [0.5, 0.6) is 0 Å². The second-order valence-electron chi connectivity index (χ2n) is 5.74. The zero-order chi connectivity index (χ0) is 14.2. The van der Waals surface area contributed by atoms with Crippen molar-refractivity contribution in [1.82, 2.24) is 0 Å². The Morgan fingerprint density at radius 2 is 1.72 bits per heavy atom. The highest BCUT2D eigenvalue weighted by atomic mass is 32.2. The predicted octanol–water partition coefficient (Wildman–Crippen LogP) is 5.28. The van der Waals surface area contributed by atoms with Gasteiger partial charge in [0.1, 0.15) is 4.75 Å². The van der Waals surface area contributed by atoms with Gasteiger partial charge < -0.3 is 0 Å². The molecule has 1 unspecified atom stereocenters. The summed E-state index contributed by atoms with van der Waals surface area (Å²) in [5, 5.41) is 0. The number of hydrogen-bond donors (Lipinski definition) is 0. The Bertz CT molecular complexity index is 306. The molecule has 0 saturated carbocycles. The monoisotopic (exact) mass is 267 g/mol. The summed E-state index contributed by atoms with van der Waals surface area (Å²) >= 11 is 0. The van der Waals surface area contributed by atoms with E-state index < -0.39 is 0 Å². The summed E-state index contributed by atoms with van der Waals surface area (Å²) in [5.41, 5.74) is 2.94. The molecule has 18 heavy (non-hydrogen) atoms. The molecule has 0 amide bonds. The Kier molecular flexibility index (Phi) is 8.43. The van der Waals surface area contributed by atoms with Crippen LogP contribution in [0.2, 0.25) is 0 Å². The minimum Gasteiger partial charge on any atom is -0.0979 e. The van der Waals surface area contributed by atoms with Gasteiger partial charge in [0.05, 0.1) is 12.5 Å². The molecule has 0 aliphatic rings. The molecule has 0 heterocycles. The Labute approximate surface area is 118 Å². The van der Waals surface area contributed by atoms with Crippen molar-refractivity contribution in [2.75, 3.05) is 12.5 Å². The predicted molar refractivity (Wildman–Crippen MR) is 89.5 cm³/mol. The highest BCUT2D eigenvalue weighted by Crippen LogP contribution is 2.24. The van der Waals surface area contributed by atoms with Crippen LogP contribution >= 0.6 is 0 Å². The molecule has 0 aromatic heterocycles. The SMILES string of the molecule is C=CC(C)(CCC=C(C)CCC=C(C)C)[S+](C)C. The molecule has 0 aromatic carbocycles. The number of rotatable bonds is 8. The maximum absolute atomic E-state index is 4.00. The van der Waals surface area contributed by atoms with E-state index >= 15 is 0 Å². The van der Waals surface area contributed by atoms with Gasteiger partial charge in [0, 0.05) is 6.42 Å². The molecule has 0 radical (unpaired) electrons. The summed E-state index contributed by atoms with van der Waals surface area (Å²) in [7, 11) is 0.398. The number of hydrogen-bond acceptors (Lipinski definition) is 0. The topological polar surface area (TPSA) is 0 Å². The highest BCUT2D eigenvalue weighted by molar-refractivity contribution is 7.97. The average Bonchev–Trinajstić information content (AvgIpc) is 2.27. The van der Waals surface area contributed by atoms with Crippen LogP contribution < -0.4 is 0 Å². The van der Waals surface area contributed by atoms with E-state index in [0.29, 0.717) is 15.6 Å². The molecular weight excluding hydrogens is 236 g/mol. The van der Waals surface area contributed by atoms with Crippen LogP contribution in [0.15, 0.2) is 36.0 Å². The van der Waals surface area contributed by atoms with Gasteiger partial charge in [0.2, 0.25) is 0 Å². The lowest BCUT2D eigenvalue weighted by atomic mass is 10.0. The lowest BCUT2D eigenvalue weighted by molar-refractivity contribution is 0.701. The van der Waals surface area contributed by atoms with Gasteiger partial charge in [-0.15, -0.1) is 0 Å². The zero-order valence-electron chi connectivity index (χ0n) is 13.2. The van der Waals surface area contributed by atoms with Crippen molar-refractivity contribution >= 4 is 10.9 Å². The lowest BCUT2D eigenvalue weighted by Crippen LogP contribution is -2.31. The first-order chi connectivity index (χ1) is 8.31. The smallest absolute Gasteiger partial charge is 0.0979 e. The van der Waals surface area contributed by atoms with Crippen LogP contribution in [0.3, 0.4) is 0 Å². The molecule has 1 atom stereocenters.